The monoisotopic (exact) mass is 226 g/mol. The standard InChI is InChI=1S/C12H22N2O2/c1-3-14-9-12(4-6-13-7-5-12)10(8-16-2)11(14)15/h10,13H,3-9H2,1-2H3/t10-/m1/s1. The summed E-state index contributed by atoms with van der Waals surface area (Å²) in [6.45, 7) is 6.46. The Labute approximate surface area is 97.3 Å². The molecular weight excluding hydrogens is 204 g/mol. The van der Waals surface area contributed by atoms with Gasteiger partial charge in [0.05, 0.1) is 12.5 Å². The zero-order chi connectivity index (χ0) is 11.6. The van der Waals surface area contributed by atoms with E-state index in [1.807, 2.05) is 4.90 Å². The molecule has 1 N–H and O–H groups in total. The van der Waals surface area contributed by atoms with Gasteiger partial charge in [0.1, 0.15) is 0 Å². The molecule has 2 saturated heterocycles. The molecule has 92 valence electrons. The normalized spacial score (nSPS) is 29.0. The third-order valence-electron chi connectivity index (χ3n) is 4.17. The first-order valence-electron chi connectivity index (χ1n) is 6.22. The van der Waals surface area contributed by atoms with Gasteiger partial charge >= 0.3 is 0 Å². The molecule has 2 aliphatic heterocycles. The second kappa shape index (κ2) is 4.72. The predicted octanol–water partition coefficient (Wildman–Crippen LogP) is 0.481. The van der Waals surface area contributed by atoms with Crippen LogP contribution >= 0.6 is 0 Å². The van der Waals surface area contributed by atoms with Crippen LogP contribution in [0.2, 0.25) is 0 Å². The molecule has 2 fully saturated rings. The van der Waals surface area contributed by atoms with E-state index in [2.05, 4.69) is 12.2 Å². The van der Waals surface area contributed by atoms with Gasteiger partial charge in [-0.15, -0.1) is 0 Å². The fraction of sp³-hybridized carbons (Fsp3) is 0.917. The van der Waals surface area contributed by atoms with Crippen molar-refractivity contribution in [3.8, 4) is 0 Å². The number of nitrogens with zero attached hydrogens (tertiary/aromatic N) is 1. The number of amides is 1. The highest BCUT2D eigenvalue weighted by Crippen LogP contribution is 2.43. The maximum atomic E-state index is 12.2. The Hall–Kier alpha value is -0.610. The number of hydrogen-bond donors (Lipinski definition) is 1. The van der Waals surface area contributed by atoms with Gasteiger partial charge in [0.25, 0.3) is 0 Å². The second-order valence-corrected chi connectivity index (χ2v) is 4.97. The molecule has 1 atom stereocenters. The van der Waals surface area contributed by atoms with Crippen LogP contribution in [0.5, 0.6) is 0 Å². The minimum Gasteiger partial charge on any atom is -0.384 e. The van der Waals surface area contributed by atoms with Crippen LogP contribution in [0.1, 0.15) is 19.8 Å². The smallest absolute Gasteiger partial charge is 0.228 e. The van der Waals surface area contributed by atoms with E-state index < -0.39 is 0 Å². The lowest BCUT2D eigenvalue weighted by Gasteiger charge is -2.37. The molecule has 2 heterocycles. The number of nitrogens with one attached hydrogen (secondary N) is 1. The number of methoxy groups -OCH3 is 1. The van der Waals surface area contributed by atoms with Crippen molar-refractivity contribution in [1.29, 1.82) is 0 Å². The minimum absolute atomic E-state index is 0.0829. The van der Waals surface area contributed by atoms with Crippen molar-refractivity contribution in [3.63, 3.8) is 0 Å². The number of likely N-dealkylation sites (tertiary alicyclic amines) is 1. The summed E-state index contributed by atoms with van der Waals surface area (Å²) >= 11 is 0. The van der Waals surface area contributed by atoms with E-state index in [4.69, 9.17) is 4.74 Å². The topological polar surface area (TPSA) is 41.6 Å². The molecule has 0 saturated carbocycles. The molecule has 4 nitrogen and oxygen atoms in total. The van der Waals surface area contributed by atoms with E-state index in [1.54, 1.807) is 7.11 Å². The quantitative estimate of drug-likeness (QED) is 0.761. The van der Waals surface area contributed by atoms with Crippen molar-refractivity contribution in [2.24, 2.45) is 11.3 Å². The number of rotatable bonds is 3. The van der Waals surface area contributed by atoms with Gasteiger partial charge in [0, 0.05) is 25.6 Å². The first kappa shape index (κ1) is 11.9. The van der Waals surface area contributed by atoms with E-state index in [9.17, 15) is 4.79 Å². The maximum absolute atomic E-state index is 12.2. The maximum Gasteiger partial charge on any atom is 0.228 e. The zero-order valence-corrected chi connectivity index (χ0v) is 10.3. The highest BCUT2D eigenvalue weighted by atomic mass is 16.5. The second-order valence-electron chi connectivity index (χ2n) is 4.97. The van der Waals surface area contributed by atoms with Crippen LogP contribution in [0.15, 0.2) is 0 Å². The minimum atomic E-state index is 0.0829. The number of piperidine rings is 1. The van der Waals surface area contributed by atoms with Gasteiger partial charge in [-0.05, 0) is 32.9 Å². The molecule has 0 aromatic rings. The van der Waals surface area contributed by atoms with Gasteiger partial charge < -0.3 is 15.0 Å². The summed E-state index contributed by atoms with van der Waals surface area (Å²) in [6.07, 6.45) is 2.20. The summed E-state index contributed by atoms with van der Waals surface area (Å²) in [4.78, 5) is 14.2. The van der Waals surface area contributed by atoms with Gasteiger partial charge in [-0.25, -0.2) is 0 Å². The van der Waals surface area contributed by atoms with E-state index in [1.165, 1.54) is 0 Å². The SMILES string of the molecule is CCN1CC2(CCNCC2)[C@H](COC)C1=O. The Morgan fingerprint density at radius 3 is 2.75 bits per heavy atom. The molecule has 0 aromatic carbocycles. The van der Waals surface area contributed by atoms with Gasteiger partial charge in [-0.2, -0.15) is 0 Å². The Bertz CT molecular complexity index is 262. The third-order valence-corrected chi connectivity index (χ3v) is 4.17. The average Bonchev–Trinajstić information content (AvgIpc) is 2.56. The molecule has 1 spiro atoms. The molecule has 0 aromatic heterocycles. The average molecular weight is 226 g/mol. The number of hydrogen-bond acceptors (Lipinski definition) is 3. The zero-order valence-electron chi connectivity index (χ0n) is 10.3. The Balaban J connectivity index is 2.18. The first-order chi connectivity index (χ1) is 7.73. The van der Waals surface area contributed by atoms with Gasteiger partial charge in [-0.3, -0.25) is 4.79 Å². The lowest BCUT2D eigenvalue weighted by Crippen LogP contribution is -2.43. The lowest BCUT2D eigenvalue weighted by atomic mass is 9.71. The molecule has 4 heteroatoms. The van der Waals surface area contributed by atoms with Gasteiger partial charge in [-0.1, -0.05) is 0 Å². The van der Waals surface area contributed by atoms with Crippen LogP contribution in [0.4, 0.5) is 0 Å². The van der Waals surface area contributed by atoms with Crippen LogP contribution in [0, 0.1) is 11.3 Å². The number of ether oxygens (including phenoxy) is 1. The van der Waals surface area contributed by atoms with Crippen molar-refractivity contribution in [2.75, 3.05) is 39.9 Å². The van der Waals surface area contributed by atoms with Gasteiger partial charge in [0.15, 0.2) is 0 Å². The molecule has 0 unspecified atom stereocenters. The van der Waals surface area contributed by atoms with Crippen LogP contribution in [0.25, 0.3) is 0 Å². The van der Waals surface area contributed by atoms with Crippen molar-refractivity contribution in [2.45, 2.75) is 19.8 Å². The van der Waals surface area contributed by atoms with Crippen LogP contribution < -0.4 is 5.32 Å². The molecule has 2 aliphatic rings. The third kappa shape index (κ3) is 1.84. The molecule has 2 rings (SSSR count). The number of carbonyl (C=O) groups is 1. The van der Waals surface area contributed by atoms with Crippen molar-refractivity contribution < 1.29 is 9.53 Å². The Kier molecular flexibility index (Phi) is 3.50. The van der Waals surface area contributed by atoms with Gasteiger partial charge in [0.2, 0.25) is 5.91 Å². The summed E-state index contributed by atoms with van der Waals surface area (Å²) in [5.41, 5.74) is 0.175. The van der Waals surface area contributed by atoms with Crippen LogP contribution in [0.3, 0.4) is 0 Å². The van der Waals surface area contributed by atoms with Crippen molar-refractivity contribution >= 4 is 5.91 Å². The molecule has 16 heavy (non-hydrogen) atoms. The van der Waals surface area contributed by atoms with Crippen LogP contribution in [-0.2, 0) is 9.53 Å². The largest absolute Gasteiger partial charge is 0.384 e. The van der Waals surface area contributed by atoms with Crippen LogP contribution in [-0.4, -0.2) is 50.7 Å². The Morgan fingerprint density at radius 2 is 2.19 bits per heavy atom. The summed E-state index contributed by atoms with van der Waals surface area (Å²) in [5, 5.41) is 3.38. The summed E-state index contributed by atoms with van der Waals surface area (Å²) in [5.74, 6) is 0.380. The summed E-state index contributed by atoms with van der Waals surface area (Å²) in [6, 6.07) is 0. The summed E-state index contributed by atoms with van der Waals surface area (Å²) in [7, 11) is 1.69. The van der Waals surface area contributed by atoms with Crippen molar-refractivity contribution in [1.82, 2.24) is 10.2 Å². The number of carbonyl (C=O) groups excluding carboxylic acids is 1. The molecular formula is C12H22N2O2. The lowest BCUT2D eigenvalue weighted by molar-refractivity contribution is -0.133. The van der Waals surface area contributed by atoms with E-state index in [-0.39, 0.29) is 11.3 Å². The molecule has 0 radical (unpaired) electrons. The Morgan fingerprint density at radius 1 is 1.50 bits per heavy atom. The van der Waals surface area contributed by atoms with E-state index in [0.717, 1.165) is 39.0 Å². The molecule has 1 amide bonds. The molecule has 0 aliphatic carbocycles. The highest BCUT2D eigenvalue weighted by molar-refractivity contribution is 5.82. The van der Waals surface area contributed by atoms with E-state index in [0.29, 0.717) is 12.5 Å². The fourth-order valence-corrected chi connectivity index (χ4v) is 3.16. The van der Waals surface area contributed by atoms with Crippen molar-refractivity contribution in [3.05, 3.63) is 0 Å². The molecule has 0 bridgehead atoms. The predicted molar refractivity (Wildman–Crippen MR) is 62.2 cm³/mol. The highest BCUT2D eigenvalue weighted by Gasteiger charge is 2.51. The fourth-order valence-electron chi connectivity index (χ4n) is 3.16. The first-order valence-corrected chi connectivity index (χ1v) is 6.22. The summed E-state index contributed by atoms with van der Waals surface area (Å²) < 4.78 is 5.25. The van der Waals surface area contributed by atoms with E-state index >= 15 is 0 Å².